The van der Waals surface area contributed by atoms with E-state index in [2.05, 4.69) is 23.8 Å². The van der Waals surface area contributed by atoms with Crippen LogP contribution in [0.5, 0.6) is 5.75 Å². The molecule has 0 spiro atoms. The average molecular weight is 469 g/mol. The van der Waals surface area contributed by atoms with Crippen LogP contribution in [0.3, 0.4) is 0 Å². The van der Waals surface area contributed by atoms with Gasteiger partial charge >= 0.3 is 6.61 Å². The molecule has 0 unspecified atom stereocenters. The molecule has 0 aliphatic heterocycles. The molecule has 2 aliphatic rings. The molecule has 2 saturated carbocycles. The highest BCUT2D eigenvalue weighted by molar-refractivity contribution is 5.31. The summed E-state index contributed by atoms with van der Waals surface area (Å²) >= 11 is 0. The lowest BCUT2D eigenvalue weighted by molar-refractivity contribution is -0.0546. The van der Waals surface area contributed by atoms with E-state index in [-0.39, 0.29) is 0 Å². The van der Waals surface area contributed by atoms with Gasteiger partial charge in [-0.05, 0) is 99.2 Å². The fourth-order valence-electron chi connectivity index (χ4n) is 5.96. The molecule has 1 aromatic carbocycles. The summed E-state index contributed by atoms with van der Waals surface area (Å²) in [5, 5.41) is 0. The van der Waals surface area contributed by atoms with Crippen LogP contribution in [0.15, 0.2) is 24.3 Å². The predicted molar refractivity (Wildman–Crippen MR) is 125 cm³/mol. The third-order valence-electron chi connectivity index (χ3n) is 7.92. The maximum Gasteiger partial charge on any atom is 0.387 e. The molecule has 0 N–H and O–H groups in total. The fraction of sp³-hybridized carbons (Fsp3) is 0.714. The molecule has 5 heteroatoms. The van der Waals surface area contributed by atoms with Gasteiger partial charge in [-0.2, -0.15) is 8.78 Å². The van der Waals surface area contributed by atoms with Gasteiger partial charge in [-0.15, -0.1) is 0 Å². The minimum absolute atomic E-state index is 0.511. The van der Waals surface area contributed by atoms with Crippen molar-refractivity contribution in [2.24, 2.45) is 23.7 Å². The third-order valence-corrected chi connectivity index (χ3v) is 7.92. The number of halogens is 4. The molecule has 0 bridgehead atoms. The standard InChI is InChI=1S/C28H40F4O/c1-2-3-4-5-6-7-20-10-14-23(15-11-20)24-16-12-21(13-17-24)8-9-22-18-25(29)27(26(30)19-22)33-28(31)32/h4-5,18-21,23-24,28H,2-3,6-17H2,1H3. The number of hydrogen-bond donors (Lipinski definition) is 0. The van der Waals surface area contributed by atoms with E-state index in [4.69, 9.17) is 0 Å². The van der Waals surface area contributed by atoms with E-state index in [0.717, 1.165) is 36.3 Å². The summed E-state index contributed by atoms with van der Waals surface area (Å²) in [7, 11) is 0. The zero-order chi connectivity index (χ0) is 23.6. The second-order valence-corrected chi connectivity index (χ2v) is 10.2. The summed E-state index contributed by atoms with van der Waals surface area (Å²) < 4.78 is 56.4. The molecule has 2 aliphatic carbocycles. The number of rotatable bonds is 11. The molecule has 0 amide bonds. The normalized spacial score (nSPS) is 26.2. The molecule has 33 heavy (non-hydrogen) atoms. The van der Waals surface area contributed by atoms with Crippen LogP contribution >= 0.6 is 0 Å². The van der Waals surface area contributed by atoms with Crippen LogP contribution in [0, 0.1) is 35.3 Å². The van der Waals surface area contributed by atoms with Gasteiger partial charge in [0.15, 0.2) is 17.4 Å². The molecule has 186 valence electrons. The number of hydrogen-bond acceptors (Lipinski definition) is 1. The predicted octanol–water partition coefficient (Wildman–Crippen LogP) is 9.25. The molecular formula is C28H40F4O. The van der Waals surface area contributed by atoms with Gasteiger partial charge in [0.25, 0.3) is 0 Å². The minimum Gasteiger partial charge on any atom is -0.429 e. The van der Waals surface area contributed by atoms with Gasteiger partial charge in [0, 0.05) is 0 Å². The Morgan fingerprint density at radius 1 is 0.818 bits per heavy atom. The van der Waals surface area contributed by atoms with Crippen LogP contribution in [-0.2, 0) is 6.42 Å². The average Bonchev–Trinajstić information content (AvgIpc) is 2.81. The molecule has 2 fully saturated rings. The van der Waals surface area contributed by atoms with Crippen LogP contribution < -0.4 is 4.74 Å². The minimum atomic E-state index is -3.24. The molecule has 0 heterocycles. The van der Waals surface area contributed by atoms with Crippen molar-refractivity contribution in [1.29, 1.82) is 0 Å². The van der Waals surface area contributed by atoms with Crippen molar-refractivity contribution in [3.8, 4) is 5.75 Å². The monoisotopic (exact) mass is 468 g/mol. The van der Waals surface area contributed by atoms with E-state index in [0.29, 0.717) is 17.9 Å². The van der Waals surface area contributed by atoms with Gasteiger partial charge in [0.2, 0.25) is 0 Å². The first-order valence-corrected chi connectivity index (χ1v) is 13.0. The molecule has 0 aromatic heterocycles. The summed E-state index contributed by atoms with van der Waals surface area (Å²) in [6.45, 7) is -1.02. The van der Waals surface area contributed by atoms with Gasteiger partial charge < -0.3 is 4.74 Å². The molecular weight excluding hydrogens is 428 g/mol. The van der Waals surface area contributed by atoms with E-state index in [9.17, 15) is 17.6 Å². The number of aryl methyl sites for hydroxylation is 1. The van der Waals surface area contributed by atoms with Crippen molar-refractivity contribution in [3.63, 3.8) is 0 Å². The first-order valence-electron chi connectivity index (χ1n) is 13.0. The second-order valence-electron chi connectivity index (χ2n) is 10.2. The maximum atomic E-state index is 13.9. The molecule has 1 nitrogen and oxygen atoms in total. The molecule has 0 atom stereocenters. The first kappa shape index (κ1) is 26.1. The summed E-state index contributed by atoms with van der Waals surface area (Å²) in [4.78, 5) is 0. The van der Waals surface area contributed by atoms with Crippen LogP contribution in [0.1, 0.15) is 96.0 Å². The van der Waals surface area contributed by atoms with Crippen LogP contribution in [-0.4, -0.2) is 6.61 Å². The third kappa shape index (κ3) is 8.33. The number of ether oxygens (including phenoxy) is 1. The molecule has 0 saturated heterocycles. The lowest BCUT2D eigenvalue weighted by Gasteiger charge is -2.38. The quantitative estimate of drug-likeness (QED) is 0.232. The first-order chi connectivity index (χ1) is 16.0. The Labute approximate surface area is 197 Å². The van der Waals surface area contributed by atoms with Crippen molar-refractivity contribution >= 4 is 0 Å². The summed E-state index contributed by atoms with van der Waals surface area (Å²) in [5.41, 5.74) is 0.511. The Bertz CT molecular complexity index is 708. The van der Waals surface area contributed by atoms with Crippen LogP contribution in [0.4, 0.5) is 17.6 Å². The highest BCUT2D eigenvalue weighted by atomic mass is 19.3. The number of alkyl halides is 2. The van der Waals surface area contributed by atoms with E-state index in [1.165, 1.54) is 77.0 Å². The summed E-state index contributed by atoms with van der Waals surface area (Å²) in [6.07, 6.45) is 21.6. The highest BCUT2D eigenvalue weighted by Crippen LogP contribution is 2.43. The lowest BCUT2D eigenvalue weighted by atomic mass is 9.68. The van der Waals surface area contributed by atoms with Crippen molar-refractivity contribution in [2.75, 3.05) is 0 Å². The van der Waals surface area contributed by atoms with E-state index >= 15 is 0 Å². The van der Waals surface area contributed by atoms with E-state index < -0.39 is 24.0 Å². The van der Waals surface area contributed by atoms with E-state index in [1.807, 2.05) is 0 Å². The second kappa shape index (κ2) is 13.4. The van der Waals surface area contributed by atoms with Gasteiger partial charge in [0.1, 0.15) is 0 Å². The zero-order valence-corrected chi connectivity index (χ0v) is 20.0. The van der Waals surface area contributed by atoms with Crippen molar-refractivity contribution in [2.45, 2.75) is 103 Å². The lowest BCUT2D eigenvalue weighted by Crippen LogP contribution is -2.26. The summed E-state index contributed by atoms with van der Waals surface area (Å²) in [5.74, 6) is 0.105. The number of benzene rings is 1. The van der Waals surface area contributed by atoms with Gasteiger partial charge in [0.05, 0.1) is 0 Å². The SMILES string of the molecule is CCCC=CCCC1CCC(C2CCC(CCc3cc(F)c(OC(F)F)c(F)c3)CC2)CC1. The Hall–Kier alpha value is -1.52. The number of unbranched alkanes of at least 4 members (excludes halogenated alkanes) is 1. The Kier molecular flexibility index (Phi) is 10.6. The highest BCUT2D eigenvalue weighted by Gasteiger charge is 2.30. The number of allylic oxidation sites excluding steroid dienone is 2. The zero-order valence-electron chi connectivity index (χ0n) is 20.0. The van der Waals surface area contributed by atoms with Crippen LogP contribution in [0.25, 0.3) is 0 Å². The van der Waals surface area contributed by atoms with Crippen molar-refractivity contribution in [3.05, 3.63) is 41.5 Å². The fourth-order valence-corrected chi connectivity index (χ4v) is 5.96. The van der Waals surface area contributed by atoms with Gasteiger partial charge in [-0.25, -0.2) is 8.78 Å². The van der Waals surface area contributed by atoms with E-state index in [1.54, 1.807) is 0 Å². The smallest absolute Gasteiger partial charge is 0.387 e. The Morgan fingerprint density at radius 3 is 1.85 bits per heavy atom. The summed E-state index contributed by atoms with van der Waals surface area (Å²) in [6, 6.07) is 2.26. The maximum absolute atomic E-state index is 13.9. The molecule has 0 radical (unpaired) electrons. The largest absolute Gasteiger partial charge is 0.429 e. The van der Waals surface area contributed by atoms with Crippen molar-refractivity contribution in [1.82, 2.24) is 0 Å². The van der Waals surface area contributed by atoms with Crippen LogP contribution in [0.2, 0.25) is 0 Å². The Balaban J connectivity index is 1.35. The van der Waals surface area contributed by atoms with Gasteiger partial charge in [-0.3, -0.25) is 0 Å². The van der Waals surface area contributed by atoms with Gasteiger partial charge in [-0.1, -0.05) is 51.2 Å². The topological polar surface area (TPSA) is 9.23 Å². The Morgan fingerprint density at radius 2 is 1.33 bits per heavy atom. The molecule has 1 aromatic rings. The molecule has 3 rings (SSSR count). The van der Waals surface area contributed by atoms with Crippen molar-refractivity contribution < 1.29 is 22.3 Å².